The Balaban J connectivity index is 3.27. The van der Waals surface area contributed by atoms with Crippen LogP contribution in [0.1, 0.15) is 27.7 Å². The Morgan fingerprint density at radius 2 is 1.30 bits per heavy atom. The zero-order valence-corrected chi connectivity index (χ0v) is 18.8. The molecule has 0 radical (unpaired) electrons. The van der Waals surface area contributed by atoms with Crippen molar-refractivity contribution < 1.29 is 42.9 Å². The van der Waals surface area contributed by atoms with E-state index in [0.29, 0.717) is 0 Å². The van der Waals surface area contributed by atoms with Gasteiger partial charge in [0.1, 0.15) is 0 Å². The molecule has 1 aliphatic heterocycles. The van der Waals surface area contributed by atoms with Crippen molar-refractivity contribution in [2.75, 3.05) is 6.61 Å². The third-order valence-electron chi connectivity index (χ3n) is 3.26. The van der Waals surface area contributed by atoms with Gasteiger partial charge in [0.05, 0.1) is 0 Å². The van der Waals surface area contributed by atoms with Crippen LogP contribution < -0.4 is 0 Å². The predicted molar refractivity (Wildman–Crippen MR) is 97.0 cm³/mol. The number of hydrogen-bond donors (Lipinski definition) is 0. The first kappa shape index (κ1) is 23.8. The molecular weight excluding hydrogens is 443 g/mol. The van der Waals surface area contributed by atoms with E-state index < -0.39 is 67.2 Å². The number of hydrogen-bond acceptors (Lipinski definition) is 10. The molecule has 1 aliphatic rings. The van der Waals surface area contributed by atoms with E-state index in [-0.39, 0.29) is 6.61 Å². The Hall–Kier alpha value is -1.25. The van der Waals surface area contributed by atoms with Crippen molar-refractivity contribution in [1.82, 2.24) is 0 Å². The van der Waals surface area contributed by atoms with E-state index in [1.54, 1.807) is 0 Å². The van der Waals surface area contributed by atoms with Gasteiger partial charge in [-0.15, -0.1) is 0 Å². The van der Waals surface area contributed by atoms with Crippen molar-refractivity contribution in [3.8, 4) is 0 Å². The average Bonchev–Trinajstić information content (AvgIpc) is 2.49. The summed E-state index contributed by atoms with van der Waals surface area (Å²) in [6.07, 6.45) is -4.02. The standard InChI is InChI=1S/C16H25AsO9S/c1-8(18)22-7-12-13(23-9(2)19)14(24-10(3)20)15(25-11(4)21)16(26-12)27-17(5)6/h12-16H,7H2,1-6H3/t12-,13+,14+,15-,16+/m1/s1. The second-order valence-electron chi connectivity index (χ2n) is 5.99. The molecule has 11 heteroatoms. The van der Waals surface area contributed by atoms with Crippen LogP contribution in [0.25, 0.3) is 0 Å². The number of carbonyl (C=O) groups is 4. The molecule has 0 N–H and O–H groups in total. The summed E-state index contributed by atoms with van der Waals surface area (Å²) in [5.41, 5.74) is 3.47. The van der Waals surface area contributed by atoms with Crippen molar-refractivity contribution in [1.29, 1.82) is 0 Å². The van der Waals surface area contributed by atoms with Crippen LogP contribution in [0.15, 0.2) is 0 Å². The van der Waals surface area contributed by atoms with E-state index in [2.05, 4.69) is 11.4 Å². The predicted octanol–water partition coefficient (Wildman–Crippen LogP) is 1.05. The van der Waals surface area contributed by atoms with Gasteiger partial charge in [-0.3, -0.25) is 0 Å². The van der Waals surface area contributed by atoms with Gasteiger partial charge in [-0.2, -0.15) is 0 Å². The van der Waals surface area contributed by atoms with Gasteiger partial charge < -0.3 is 0 Å². The summed E-state index contributed by atoms with van der Waals surface area (Å²) in [6.45, 7) is 4.66. The molecule has 0 aromatic carbocycles. The van der Waals surface area contributed by atoms with Gasteiger partial charge in [0.25, 0.3) is 0 Å². The van der Waals surface area contributed by atoms with Crippen LogP contribution in [-0.2, 0) is 42.9 Å². The summed E-state index contributed by atoms with van der Waals surface area (Å²) in [5, 5.41) is 0. The van der Waals surface area contributed by atoms with Crippen LogP contribution in [0.2, 0.25) is 11.4 Å². The summed E-state index contributed by atoms with van der Waals surface area (Å²) in [6, 6.07) is 0. The van der Waals surface area contributed by atoms with Gasteiger partial charge in [-0.25, -0.2) is 0 Å². The Labute approximate surface area is 166 Å². The summed E-state index contributed by atoms with van der Waals surface area (Å²) < 4.78 is 27.0. The SMILES string of the molecule is CC(=O)OC[C@H]1O[C@@H](S[As](C)C)[C@H](OC(C)=O)[C@@H](OC(C)=O)[C@H]1OC(C)=O. The molecular formula is C16H25AsO9S. The van der Waals surface area contributed by atoms with E-state index in [0.717, 1.165) is 0 Å². The Morgan fingerprint density at radius 1 is 0.815 bits per heavy atom. The maximum atomic E-state index is 11.6. The Kier molecular flexibility index (Phi) is 9.62. The molecule has 9 nitrogen and oxygen atoms in total. The molecule has 0 aromatic rings. The minimum absolute atomic E-state index is 0.199. The molecule has 0 aromatic heterocycles. The summed E-state index contributed by atoms with van der Waals surface area (Å²) >= 11 is -1.33. The number of ether oxygens (including phenoxy) is 5. The Morgan fingerprint density at radius 3 is 1.74 bits per heavy atom. The molecule has 1 heterocycles. The molecule has 27 heavy (non-hydrogen) atoms. The van der Waals surface area contributed by atoms with Gasteiger partial charge >= 0.3 is 166 Å². The first-order valence-electron chi connectivity index (χ1n) is 8.15. The van der Waals surface area contributed by atoms with Crippen molar-refractivity contribution in [2.45, 2.75) is 69.0 Å². The van der Waals surface area contributed by atoms with Gasteiger partial charge in [-0.1, -0.05) is 0 Å². The van der Waals surface area contributed by atoms with E-state index in [1.165, 1.54) is 37.7 Å². The summed E-state index contributed by atoms with van der Waals surface area (Å²) in [4.78, 5) is 46.0. The molecule has 0 spiro atoms. The van der Waals surface area contributed by atoms with Crippen LogP contribution in [0.4, 0.5) is 0 Å². The zero-order valence-electron chi connectivity index (χ0n) is 16.1. The van der Waals surface area contributed by atoms with Gasteiger partial charge in [0.15, 0.2) is 0 Å². The van der Waals surface area contributed by atoms with E-state index in [1.807, 2.05) is 0 Å². The van der Waals surface area contributed by atoms with E-state index in [9.17, 15) is 19.2 Å². The molecule has 154 valence electrons. The molecule has 0 aliphatic carbocycles. The topological polar surface area (TPSA) is 114 Å². The second kappa shape index (κ2) is 10.9. The van der Waals surface area contributed by atoms with E-state index >= 15 is 0 Å². The monoisotopic (exact) mass is 468 g/mol. The number of esters is 4. The van der Waals surface area contributed by atoms with Crippen LogP contribution in [0.5, 0.6) is 0 Å². The summed E-state index contributed by atoms with van der Waals surface area (Å²) in [7, 11) is 1.49. The first-order valence-corrected chi connectivity index (χ1v) is 15.0. The van der Waals surface area contributed by atoms with Crippen molar-refractivity contribution >= 4 is 47.4 Å². The Bertz CT molecular complexity index is 568. The quantitative estimate of drug-likeness (QED) is 0.305. The fraction of sp³-hybridized carbons (Fsp3) is 0.750. The van der Waals surface area contributed by atoms with Gasteiger partial charge in [0.2, 0.25) is 0 Å². The van der Waals surface area contributed by atoms with Crippen LogP contribution in [-0.4, -0.2) is 73.8 Å². The van der Waals surface area contributed by atoms with Crippen LogP contribution >= 0.6 is 10.0 Å². The van der Waals surface area contributed by atoms with Gasteiger partial charge in [-0.05, 0) is 0 Å². The molecule has 1 rings (SSSR count). The maximum absolute atomic E-state index is 11.6. The average molecular weight is 468 g/mol. The van der Waals surface area contributed by atoms with Crippen molar-refractivity contribution in [3.05, 3.63) is 0 Å². The number of carbonyl (C=O) groups excluding carboxylic acids is 4. The third kappa shape index (κ3) is 8.11. The van der Waals surface area contributed by atoms with E-state index in [4.69, 9.17) is 23.7 Å². The fourth-order valence-electron chi connectivity index (χ4n) is 2.48. The molecule has 0 bridgehead atoms. The van der Waals surface area contributed by atoms with Crippen molar-refractivity contribution in [2.24, 2.45) is 0 Å². The molecule has 1 saturated heterocycles. The molecule has 0 unspecified atom stereocenters. The fourth-order valence-corrected chi connectivity index (χ4v) is 7.10. The van der Waals surface area contributed by atoms with Gasteiger partial charge in [0, 0.05) is 0 Å². The first-order chi connectivity index (χ1) is 12.5. The van der Waals surface area contributed by atoms with Crippen molar-refractivity contribution in [3.63, 3.8) is 0 Å². The normalized spacial score (nSPS) is 27.6. The zero-order chi connectivity index (χ0) is 20.7. The second-order valence-corrected chi connectivity index (χ2v) is 15.2. The molecule has 5 atom stereocenters. The molecule has 0 amide bonds. The molecule has 0 saturated carbocycles. The third-order valence-corrected chi connectivity index (χ3v) is 8.23. The van der Waals surface area contributed by atoms with Crippen LogP contribution in [0.3, 0.4) is 0 Å². The van der Waals surface area contributed by atoms with Crippen LogP contribution in [0, 0.1) is 0 Å². The summed E-state index contributed by atoms with van der Waals surface area (Å²) in [5.74, 6) is -2.39. The minimum atomic E-state index is -1.33. The number of rotatable bonds is 7. The molecule has 1 fully saturated rings.